The number of hydrazine groups is 2. The number of ether oxygens (including phenoxy) is 2. The maximum atomic E-state index is 12.2. The van der Waals surface area contributed by atoms with Crippen LogP contribution in [0.3, 0.4) is 0 Å². The van der Waals surface area contributed by atoms with Crippen LogP contribution in [0.15, 0.2) is 72.8 Å². The second-order valence-corrected chi connectivity index (χ2v) is 7.79. The molecule has 3 rings (SSSR count). The third-order valence-corrected chi connectivity index (χ3v) is 4.82. The summed E-state index contributed by atoms with van der Waals surface area (Å²) in [5.74, 6) is -1.17. The summed E-state index contributed by atoms with van der Waals surface area (Å²) >= 11 is 0. The molecule has 0 unspecified atom stereocenters. The molecule has 0 saturated heterocycles. The fraction of sp³-hybridized carbons (Fsp3) is 0.154. The van der Waals surface area contributed by atoms with Gasteiger partial charge in [-0.15, -0.1) is 0 Å². The van der Waals surface area contributed by atoms with Crippen molar-refractivity contribution in [2.45, 2.75) is 13.8 Å². The smallest absolute Gasteiger partial charge is 0.276 e. The predicted molar refractivity (Wildman–Crippen MR) is 131 cm³/mol. The summed E-state index contributed by atoms with van der Waals surface area (Å²) in [5, 5.41) is 0. The molecule has 4 amide bonds. The molecular formula is C26H26N4O6. The Hall–Kier alpha value is -4.86. The standard InChI is InChI=1S/C26H26N4O6/c1-17-3-11-21(12-4-17)35-15-23(31)27-29-25(33)19-7-9-20(10-8-19)26(34)30-28-24(32)16-36-22-13-5-18(2)6-14-22/h3-14H,15-16H2,1-2H3,(H,27,31)(H,28,32)(H,29,33)(H,30,34). The van der Waals surface area contributed by atoms with E-state index in [2.05, 4.69) is 21.7 Å². The van der Waals surface area contributed by atoms with Gasteiger partial charge in [-0.3, -0.25) is 40.9 Å². The lowest BCUT2D eigenvalue weighted by Gasteiger charge is -2.10. The molecule has 186 valence electrons. The van der Waals surface area contributed by atoms with Gasteiger partial charge >= 0.3 is 0 Å². The van der Waals surface area contributed by atoms with Crippen LogP contribution < -0.4 is 31.2 Å². The molecule has 0 radical (unpaired) electrons. The first-order valence-corrected chi connectivity index (χ1v) is 11.0. The number of carbonyl (C=O) groups excluding carboxylic acids is 4. The van der Waals surface area contributed by atoms with Gasteiger partial charge in [0.15, 0.2) is 13.2 Å². The van der Waals surface area contributed by atoms with Crippen LogP contribution in [0, 0.1) is 13.8 Å². The highest BCUT2D eigenvalue weighted by Gasteiger charge is 2.11. The average Bonchev–Trinajstić information content (AvgIpc) is 2.89. The fourth-order valence-electron chi connectivity index (χ4n) is 2.81. The maximum Gasteiger partial charge on any atom is 0.276 e. The van der Waals surface area contributed by atoms with Crippen LogP contribution in [0.2, 0.25) is 0 Å². The van der Waals surface area contributed by atoms with Gasteiger partial charge in [0.1, 0.15) is 11.5 Å². The van der Waals surface area contributed by atoms with Crippen molar-refractivity contribution >= 4 is 23.6 Å². The Morgan fingerprint density at radius 2 is 0.861 bits per heavy atom. The Morgan fingerprint density at radius 1 is 0.528 bits per heavy atom. The van der Waals surface area contributed by atoms with E-state index in [9.17, 15) is 19.2 Å². The zero-order valence-corrected chi connectivity index (χ0v) is 19.8. The highest BCUT2D eigenvalue weighted by molar-refractivity contribution is 5.98. The van der Waals surface area contributed by atoms with Gasteiger partial charge in [0.25, 0.3) is 23.6 Å². The first kappa shape index (κ1) is 25.8. The third kappa shape index (κ3) is 8.17. The maximum absolute atomic E-state index is 12.2. The molecule has 0 aliphatic heterocycles. The molecule has 0 aliphatic rings. The third-order valence-electron chi connectivity index (χ3n) is 4.82. The molecule has 0 atom stereocenters. The molecule has 36 heavy (non-hydrogen) atoms. The molecular weight excluding hydrogens is 464 g/mol. The summed E-state index contributed by atoms with van der Waals surface area (Å²) in [6.07, 6.45) is 0. The van der Waals surface area contributed by atoms with E-state index in [4.69, 9.17) is 9.47 Å². The normalized spacial score (nSPS) is 10.1. The lowest BCUT2D eigenvalue weighted by Crippen LogP contribution is -2.44. The quantitative estimate of drug-likeness (QED) is 0.357. The number of carbonyl (C=O) groups is 4. The number of rotatable bonds is 8. The van der Waals surface area contributed by atoms with Crippen LogP contribution in [0.4, 0.5) is 0 Å². The summed E-state index contributed by atoms with van der Waals surface area (Å²) in [4.78, 5) is 48.2. The number of amides is 4. The summed E-state index contributed by atoms with van der Waals surface area (Å²) < 4.78 is 10.7. The van der Waals surface area contributed by atoms with E-state index in [-0.39, 0.29) is 24.3 Å². The van der Waals surface area contributed by atoms with Crippen molar-refractivity contribution in [1.82, 2.24) is 21.7 Å². The summed E-state index contributed by atoms with van der Waals surface area (Å²) in [6.45, 7) is 3.33. The number of aryl methyl sites for hydroxylation is 2. The number of benzene rings is 3. The van der Waals surface area contributed by atoms with E-state index in [0.29, 0.717) is 11.5 Å². The van der Waals surface area contributed by atoms with E-state index in [1.807, 2.05) is 38.1 Å². The molecule has 10 heteroatoms. The van der Waals surface area contributed by atoms with Crippen molar-refractivity contribution < 1.29 is 28.7 Å². The van der Waals surface area contributed by atoms with Crippen molar-refractivity contribution in [3.8, 4) is 11.5 Å². The summed E-state index contributed by atoms with van der Waals surface area (Å²) in [6, 6.07) is 20.0. The topological polar surface area (TPSA) is 135 Å². The van der Waals surface area contributed by atoms with Gasteiger partial charge in [-0.2, -0.15) is 0 Å². The van der Waals surface area contributed by atoms with Gasteiger partial charge in [-0.1, -0.05) is 35.4 Å². The van der Waals surface area contributed by atoms with Gasteiger partial charge in [-0.05, 0) is 62.4 Å². The minimum absolute atomic E-state index is 0.210. The molecule has 0 bridgehead atoms. The van der Waals surface area contributed by atoms with E-state index in [0.717, 1.165) is 11.1 Å². The molecule has 3 aromatic carbocycles. The Kier molecular flexibility index (Phi) is 8.99. The Balaban J connectivity index is 1.37. The highest BCUT2D eigenvalue weighted by Crippen LogP contribution is 2.12. The lowest BCUT2D eigenvalue weighted by atomic mass is 10.1. The van der Waals surface area contributed by atoms with Gasteiger partial charge in [0.2, 0.25) is 0 Å². The Morgan fingerprint density at radius 3 is 1.19 bits per heavy atom. The Bertz CT molecular complexity index is 1110. The molecule has 0 heterocycles. The lowest BCUT2D eigenvalue weighted by molar-refractivity contribution is -0.124. The van der Waals surface area contributed by atoms with Crippen molar-refractivity contribution in [3.05, 3.63) is 95.1 Å². The molecule has 0 saturated carbocycles. The number of hydrogen-bond acceptors (Lipinski definition) is 6. The highest BCUT2D eigenvalue weighted by atomic mass is 16.5. The van der Waals surface area contributed by atoms with Crippen molar-refractivity contribution in [2.75, 3.05) is 13.2 Å². The molecule has 0 aromatic heterocycles. The molecule has 3 aromatic rings. The fourth-order valence-corrected chi connectivity index (χ4v) is 2.81. The Labute approximate surface area is 207 Å². The van der Waals surface area contributed by atoms with Crippen molar-refractivity contribution in [2.24, 2.45) is 0 Å². The van der Waals surface area contributed by atoms with Gasteiger partial charge in [0.05, 0.1) is 0 Å². The SMILES string of the molecule is Cc1ccc(OCC(=O)NNC(=O)c2ccc(C(=O)NNC(=O)COc3ccc(C)cc3)cc2)cc1. The zero-order chi connectivity index (χ0) is 25.9. The number of hydrogen-bond donors (Lipinski definition) is 4. The summed E-state index contributed by atoms with van der Waals surface area (Å²) in [7, 11) is 0. The minimum atomic E-state index is -0.577. The first-order chi connectivity index (χ1) is 17.3. The van der Waals surface area contributed by atoms with Crippen molar-refractivity contribution in [3.63, 3.8) is 0 Å². The van der Waals surface area contributed by atoms with E-state index in [1.165, 1.54) is 24.3 Å². The molecule has 10 nitrogen and oxygen atoms in total. The van der Waals surface area contributed by atoms with E-state index < -0.39 is 23.6 Å². The van der Waals surface area contributed by atoms with Crippen LogP contribution in [0.1, 0.15) is 31.8 Å². The van der Waals surface area contributed by atoms with Crippen LogP contribution in [0.25, 0.3) is 0 Å². The van der Waals surface area contributed by atoms with Crippen LogP contribution in [-0.2, 0) is 9.59 Å². The van der Waals surface area contributed by atoms with Crippen LogP contribution in [0.5, 0.6) is 11.5 Å². The van der Waals surface area contributed by atoms with Gasteiger partial charge in [-0.25, -0.2) is 0 Å². The van der Waals surface area contributed by atoms with Crippen LogP contribution in [-0.4, -0.2) is 36.8 Å². The van der Waals surface area contributed by atoms with Crippen molar-refractivity contribution in [1.29, 1.82) is 0 Å². The largest absolute Gasteiger partial charge is 0.484 e. The summed E-state index contributed by atoms with van der Waals surface area (Å²) in [5.41, 5.74) is 11.6. The molecule has 0 spiro atoms. The predicted octanol–water partition coefficient (Wildman–Crippen LogP) is 1.98. The second kappa shape index (κ2) is 12.6. The zero-order valence-electron chi connectivity index (χ0n) is 19.8. The average molecular weight is 491 g/mol. The van der Waals surface area contributed by atoms with Gasteiger partial charge in [0, 0.05) is 11.1 Å². The molecule has 4 N–H and O–H groups in total. The monoisotopic (exact) mass is 490 g/mol. The van der Waals surface area contributed by atoms with E-state index in [1.54, 1.807) is 24.3 Å². The second-order valence-electron chi connectivity index (χ2n) is 7.79. The van der Waals surface area contributed by atoms with Crippen LogP contribution >= 0.6 is 0 Å². The van der Waals surface area contributed by atoms with Gasteiger partial charge < -0.3 is 9.47 Å². The number of nitrogens with one attached hydrogen (secondary N) is 4. The minimum Gasteiger partial charge on any atom is -0.484 e. The molecule has 0 aliphatic carbocycles. The molecule has 0 fully saturated rings. The van der Waals surface area contributed by atoms with E-state index >= 15 is 0 Å². The first-order valence-electron chi connectivity index (χ1n) is 11.0.